The van der Waals surface area contributed by atoms with Gasteiger partial charge in [0.15, 0.2) is 0 Å². The molecule has 1 spiro atoms. The van der Waals surface area contributed by atoms with Crippen molar-refractivity contribution >= 4 is 11.0 Å². The smallest absolute Gasteiger partial charge is 0.511 e. The molecule has 2 aromatic heterocycles. The van der Waals surface area contributed by atoms with Gasteiger partial charge in [0.2, 0.25) is 6.33 Å². The van der Waals surface area contributed by atoms with Gasteiger partial charge in [0.05, 0.1) is 0 Å². The topological polar surface area (TPSA) is 46.7 Å². The number of benzene rings is 5. The molecule has 1 N–H and O–H groups in total. The van der Waals surface area contributed by atoms with E-state index in [1.807, 2.05) is 35.2 Å². The molecule has 290 valence electrons. The second kappa shape index (κ2) is 12.9. The van der Waals surface area contributed by atoms with Crippen LogP contribution in [0.15, 0.2) is 85.2 Å². The van der Waals surface area contributed by atoms with Crippen molar-refractivity contribution < 1.29 is 30.4 Å². The summed E-state index contributed by atoms with van der Waals surface area (Å²) in [4.78, 5) is 7.90. The number of rotatable bonds is 3. The van der Waals surface area contributed by atoms with E-state index in [0.717, 1.165) is 28.0 Å². The first-order chi connectivity index (χ1) is 26.3. The first-order valence-corrected chi connectivity index (χ1v) is 19.8. The number of aromatic amines is 1. The fourth-order valence-electron chi connectivity index (χ4n) is 9.00. The van der Waals surface area contributed by atoms with Crippen molar-refractivity contribution in [2.75, 3.05) is 0 Å². The van der Waals surface area contributed by atoms with Crippen LogP contribution in [-0.4, -0.2) is 14.5 Å². The number of fused-ring (bicyclic) bond motifs is 9. The molecule has 0 unspecified atom stereocenters. The number of imidazole rings is 2. The van der Waals surface area contributed by atoms with Gasteiger partial charge in [-0.05, 0) is 77.2 Å². The number of nitrogens with zero attached hydrogens (tertiary/aromatic N) is 3. The maximum atomic E-state index is 6.60. The average molecular weight is 931 g/mol. The monoisotopic (exact) mass is 930 g/mol. The number of nitrogens with one attached hydrogen (secondary N) is 1. The summed E-state index contributed by atoms with van der Waals surface area (Å²) < 4.78 is 10.6. The number of H-pyrrole nitrogens is 1. The number of hydrogen-bond donors (Lipinski definition) is 1. The second-order valence-electron chi connectivity index (χ2n) is 19.9. The Labute approximate surface area is 352 Å². The summed E-state index contributed by atoms with van der Waals surface area (Å²) >= 11 is 0. The van der Waals surface area contributed by atoms with Crippen molar-refractivity contribution in [3.05, 3.63) is 154 Å². The van der Waals surface area contributed by atoms with Crippen LogP contribution in [0.4, 0.5) is 0 Å². The van der Waals surface area contributed by atoms with Crippen LogP contribution in [-0.2, 0) is 48.1 Å². The fourth-order valence-corrected chi connectivity index (χ4v) is 9.00. The molecule has 5 nitrogen and oxygen atoms in total. The molecule has 7 aromatic rings. The van der Waals surface area contributed by atoms with Crippen molar-refractivity contribution in [3.63, 3.8) is 0 Å². The molecule has 1 aliphatic heterocycles. The Kier molecular flexibility index (Phi) is 8.84. The zero-order valence-corrected chi connectivity index (χ0v) is 37.4. The van der Waals surface area contributed by atoms with E-state index in [1.54, 1.807) is 0 Å². The number of hydrogen-bond acceptors (Lipinski definition) is 2. The van der Waals surface area contributed by atoms with E-state index in [2.05, 4.69) is 172 Å². The summed E-state index contributed by atoms with van der Waals surface area (Å²) in [7, 11) is 0. The van der Waals surface area contributed by atoms with Crippen molar-refractivity contribution in [2.45, 2.75) is 110 Å². The van der Waals surface area contributed by atoms with Gasteiger partial charge in [-0.2, -0.15) is 29.8 Å². The van der Waals surface area contributed by atoms with Crippen LogP contribution in [0.5, 0.6) is 11.5 Å². The van der Waals surface area contributed by atoms with Gasteiger partial charge in [0, 0.05) is 35.6 Å². The molecule has 0 saturated heterocycles. The van der Waals surface area contributed by atoms with E-state index in [-0.39, 0.29) is 42.7 Å². The third-order valence-electron chi connectivity index (χ3n) is 11.8. The Bertz CT molecular complexity index is 2620. The van der Waals surface area contributed by atoms with E-state index in [0.29, 0.717) is 11.5 Å². The summed E-state index contributed by atoms with van der Waals surface area (Å²) in [5, 5.41) is 0. The third-order valence-corrected chi connectivity index (χ3v) is 11.8. The molecule has 57 heavy (non-hydrogen) atoms. The summed E-state index contributed by atoms with van der Waals surface area (Å²) in [5.74, 6) is 1.19. The van der Waals surface area contributed by atoms with E-state index in [4.69, 9.17) is 9.72 Å². The Morgan fingerprint density at radius 1 is 0.667 bits per heavy atom. The van der Waals surface area contributed by atoms with Gasteiger partial charge >= 0.3 is 21.1 Å². The molecule has 5 aromatic carbocycles. The Morgan fingerprint density at radius 2 is 1.26 bits per heavy atom. The molecule has 2 aliphatic rings. The zero-order valence-electron chi connectivity index (χ0n) is 35.1. The summed E-state index contributed by atoms with van der Waals surface area (Å²) in [5.41, 5.74) is 15.7. The maximum absolute atomic E-state index is 6.60. The maximum Gasteiger partial charge on any atom is 4.00 e. The van der Waals surface area contributed by atoms with Gasteiger partial charge in [0.1, 0.15) is 0 Å². The second-order valence-corrected chi connectivity index (χ2v) is 19.9. The first kappa shape index (κ1) is 39.1. The van der Waals surface area contributed by atoms with Crippen LogP contribution in [0.3, 0.4) is 0 Å². The van der Waals surface area contributed by atoms with E-state index >= 15 is 0 Å². The molecule has 0 bridgehead atoms. The average Bonchev–Trinajstić information content (AvgIpc) is 3.87. The molecule has 6 heteroatoms. The van der Waals surface area contributed by atoms with Crippen LogP contribution in [0.1, 0.15) is 128 Å². The third kappa shape index (κ3) is 5.98. The normalized spacial score (nSPS) is 14.3. The molecule has 3 heterocycles. The largest absolute Gasteiger partial charge is 4.00 e. The summed E-state index contributed by atoms with van der Waals surface area (Å²) in [6.07, 6.45) is 10.2. The molecule has 0 atom stereocenters. The minimum Gasteiger partial charge on any atom is -0.511 e. The molecule has 0 amide bonds. The molecule has 9 rings (SSSR count). The number of aromatic nitrogens is 4. The van der Waals surface area contributed by atoms with Crippen LogP contribution in [0.2, 0.25) is 0 Å². The summed E-state index contributed by atoms with van der Waals surface area (Å²) in [6, 6.07) is 34.1. The van der Waals surface area contributed by atoms with E-state index in [9.17, 15) is 0 Å². The van der Waals surface area contributed by atoms with Crippen LogP contribution >= 0.6 is 0 Å². The SMILES string of the molecule is CC(C)(C)c1cc2c(c(C(C)(C)C)c1)C1(c3ccc(Oc4[c-]c(-[n+]5[c-][nH]cc5)ccc4)[c-]c3-n3[c-]nc4cccc1c43)c1c-2cc(C(C)(C)C)cc1C(C)(C)C.[Pt+4]. The van der Waals surface area contributed by atoms with Crippen molar-refractivity contribution in [2.24, 2.45) is 0 Å². The molecule has 1 aliphatic carbocycles. The van der Waals surface area contributed by atoms with Gasteiger partial charge in [-0.3, -0.25) is 0 Å². The Balaban J connectivity index is 0.00000455. The number of para-hydroxylation sites is 1. The minimum absolute atomic E-state index is 0. The van der Waals surface area contributed by atoms with Crippen molar-refractivity contribution in [3.8, 4) is 34.0 Å². The van der Waals surface area contributed by atoms with E-state index in [1.165, 1.54) is 50.1 Å². The fraction of sp³-hybridized carbons (Fsp3) is 0.333. The quantitative estimate of drug-likeness (QED) is 0.142. The minimum atomic E-state index is -0.677. The number of ether oxygens (including phenoxy) is 1. The summed E-state index contributed by atoms with van der Waals surface area (Å²) in [6.45, 7) is 28.2. The molecule has 0 saturated carbocycles. The van der Waals surface area contributed by atoms with Gasteiger partial charge in [-0.1, -0.05) is 137 Å². The van der Waals surface area contributed by atoms with Gasteiger partial charge in [-0.25, -0.2) is 0 Å². The van der Waals surface area contributed by atoms with Crippen molar-refractivity contribution in [1.29, 1.82) is 0 Å². The van der Waals surface area contributed by atoms with E-state index < -0.39 is 5.41 Å². The van der Waals surface area contributed by atoms with Crippen LogP contribution in [0.25, 0.3) is 33.5 Å². The molecule has 0 radical (unpaired) electrons. The predicted octanol–water partition coefficient (Wildman–Crippen LogP) is 11.5. The van der Waals surface area contributed by atoms with Crippen LogP contribution in [0, 0.1) is 24.8 Å². The zero-order chi connectivity index (χ0) is 39.7. The van der Waals surface area contributed by atoms with Gasteiger partial charge in [-0.15, -0.1) is 23.9 Å². The van der Waals surface area contributed by atoms with Gasteiger partial charge in [0.25, 0.3) is 0 Å². The molecule has 0 fully saturated rings. The Morgan fingerprint density at radius 3 is 1.82 bits per heavy atom. The molecular formula is C51H51N4OPt+. The molecular weight excluding hydrogens is 880 g/mol. The predicted molar refractivity (Wildman–Crippen MR) is 224 cm³/mol. The first-order valence-electron chi connectivity index (χ1n) is 19.8. The van der Waals surface area contributed by atoms with Crippen molar-refractivity contribution in [1.82, 2.24) is 14.5 Å². The van der Waals surface area contributed by atoms with Crippen LogP contribution < -0.4 is 9.30 Å². The Hall–Kier alpha value is -4.73. The standard InChI is InChI=1S/C51H51N4O.Pt/c1-47(2,3)31-23-36-37-24-32(48(4,5)6)26-41(50(10,11)12)45(37)51(44(36)40(25-31)49(7,8)9)38-20-19-35(56-34-16-13-15-33(27-34)54-22-21-52-29-54)28-43(38)55-30-53-42-18-14-17-39(51)46(42)55;/h13-26,52H,1-12H3;/q-3;+4. The van der Waals surface area contributed by atoms with Gasteiger partial charge < -0.3 is 23.8 Å².